The quantitative estimate of drug-likeness (QED) is 0.823. The third-order valence-corrected chi connectivity index (χ3v) is 4.17. The number of hydrogen-bond donors (Lipinski definition) is 2. The fraction of sp³-hybridized carbons (Fsp3) is 0.917. The fourth-order valence-electron chi connectivity index (χ4n) is 2.93. The van der Waals surface area contributed by atoms with Gasteiger partial charge in [0.2, 0.25) is 0 Å². The molecule has 1 fully saturated rings. The number of aliphatic carboxylic acids is 1. The highest BCUT2D eigenvalue weighted by molar-refractivity contribution is 5.67. The minimum Gasteiger partial charge on any atom is -0.481 e. The predicted molar refractivity (Wildman–Crippen MR) is 61.0 cm³/mol. The van der Waals surface area contributed by atoms with Crippen LogP contribution in [0.25, 0.3) is 0 Å². The Labute approximate surface area is 105 Å². The lowest BCUT2D eigenvalue weighted by Gasteiger charge is -2.43. The summed E-state index contributed by atoms with van der Waals surface area (Å²) in [6, 6.07) is -0.345. The van der Waals surface area contributed by atoms with Crippen molar-refractivity contribution < 1.29 is 23.1 Å². The molecule has 0 aromatic rings. The Morgan fingerprint density at radius 1 is 1.44 bits per heavy atom. The van der Waals surface area contributed by atoms with E-state index >= 15 is 0 Å². The van der Waals surface area contributed by atoms with Crippen LogP contribution in [0.4, 0.5) is 13.2 Å². The standard InChI is InChI=1S/C12H20F3NO2/c1-2-9(16)11(7-10(17)18)5-3-8(4-6-11)12(13,14)15/h8-9H,2-7,16H2,1H3,(H,17,18). The molecule has 1 saturated carbocycles. The van der Waals surface area contributed by atoms with Crippen molar-refractivity contribution in [3.8, 4) is 0 Å². The average molecular weight is 267 g/mol. The monoisotopic (exact) mass is 267 g/mol. The molecule has 1 aliphatic rings. The normalized spacial score (nSPS) is 31.1. The smallest absolute Gasteiger partial charge is 0.391 e. The molecule has 3 N–H and O–H groups in total. The maximum atomic E-state index is 12.6. The van der Waals surface area contributed by atoms with Gasteiger partial charge in [0.05, 0.1) is 12.3 Å². The third-order valence-electron chi connectivity index (χ3n) is 4.17. The van der Waals surface area contributed by atoms with Crippen molar-refractivity contribution in [2.24, 2.45) is 17.1 Å². The Kier molecular flexibility index (Phi) is 4.64. The van der Waals surface area contributed by atoms with E-state index in [1.54, 1.807) is 0 Å². The molecule has 0 spiro atoms. The summed E-state index contributed by atoms with van der Waals surface area (Å²) in [6.45, 7) is 1.84. The van der Waals surface area contributed by atoms with Crippen LogP contribution in [0.1, 0.15) is 45.4 Å². The van der Waals surface area contributed by atoms with Gasteiger partial charge in [-0.1, -0.05) is 6.92 Å². The topological polar surface area (TPSA) is 63.3 Å². The van der Waals surface area contributed by atoms with E-state index in [2.05, 4.69) is 0 Å². The van der Waals surface area contributed by atoms with Gasteiger partial charge in [-0.2, -0.15) is 13.2 Å². The van der Waals surface area contributed by atoms with Gasteiger partial charge < -0.3 is 10.8 Å². The first-order chi connectivity index (χ1) is 8.21. The largest absolute Gasteiger partial charge is 0.481 e. The molecule has 0 aromatic heterocycles. The van der Waals surface area contributed by atoms with Gasteiger partial charge in [0, 0.05) is 6.04 Å². The summed E-state index contributed by atoms with van der Waals surface area (Å²) in [4.78, 5) is 10.9. The number of rotatable bonds is 4. The van der Waals surface area contributed by atoms with Gasteiger partial charge in [-0.25, -0.2) is 0 Å². The van der Waals surface area contributed by atoms with Crippen molar-refractivity contribution in [3.05, 3.63) is 0 Å². The maximum absolute atomic E-state index is 12.6. The van der Waals surface area contributed by atoms with Gasteiger partial charge in [0.25, 0.3) is 0 Å². The molecular weight excluding hydrogens is 247 g/mol. The Hall–Kier alpha value is -0.780. The first kappa shape index (κ1) is 15.3. The van der Waals surface area contributed by atoms with E-state index in [9.17, 15) is 18.0 Å². The van der Waals surface area contributed by atoms with Crippen molar-refractivity contribution in [2.75, 3.05) is 0 Å². The second kappa shape index (κ2) is 5.47. The molecule has 106 valence electrons. The molecule has 6 heteroatoms. The Balaban J connectivity index is 2.76. The second-order valence-electron chi connectivity index (χ2n) is 5.26. The molecule has 1 aliphatic carbocycles. The van der Waals surface area contributed by atoms with E-state index in [-0.39, 0.29) is 38.1 Å². The SMILES string of the molecule is CCC(N)C1(CC(=O)O)CCC(C(F)(F)F)CC1. The Bertz CT molecular complexity index is 296. The van der Waals surface area contributed by atoms with Crippen molar-refractivity contribution >= 4 is 5.97 Å². The van der Waals surface area contributed by atoms with E-state index in [4.69, 9.17) is 10.8 Å². The molecule has 0 saturated heterocycles. The van der Waals surface area contributed by atoms with Crippen LogP contribution < -0.4 is 5.73 Å². The molecule has 0 bridgehead atoms. The lowest BCUT2D eigenvalue weighted by molar-refractivity contribution is -0.189. The zero-order valence-corrected chi connectivity index (χ0v) is 10.5. The summed E-state index contributed by atoms with van der Waals surface area (Å²) in [5.41, 5.74) is 5.28. The minimum absolute atomic E-state index is 0.00944. The van der Waals surface area contributed by atoms with E-state index < -0.39 is 23.5 Å². The molecule has 0 heterocycles. The number of carbonyl (C=O) groups is 1. The van der Waals surface area contributed by atoms with E-state index in [0.717, 1.165) is 0 Å². The van der Waals surface area contributed by atoms with Crippen LogP contribution in [0.2, 0.25) is 0 Å². The minimum atomic E-state index is -4.17. The van der Waals surface area contributed by atoms with Crippen LogP contribution in [0, 0.1) is 11.3 Å². The van der Waals surface area contributed by atoms with Crippen LogP contribution in [0.5, 0.6) is 0 Å². The molecular formula is C12H20F3NO2. The second-order valence-corrected chi connectivity index (χ2v) is 5.26. The first-order valence-electron chi connectivity index (χ1n) is 6.25. The predicted octanol–water partition coefficient (Wildman–Crippen LogP) is 2.94. The fourth-order valence-corrected chi connectivity index (χ4v) is 2.93. The Morgan fingerprint density at radius 2 is 1.94 bits per heavy atom. The van der Waals surface area contributed by atoms with Crippen molar-refractivity contribution in [2.45, 2.75) is 57.7 Å². The summed E-state index contributed by atoms with van der Waals surface area (Å²) in [7, 11) is 0. The summed E-state index contributed by atoms with van der Waals surface area (Å²) in [5.74, 6) is -2.28. The van der Waals surface area contributed by atoms with Gasteiger partial charge in [-0.05, 0) is 37.5 Å². The third kappa shape index (κ3) is 3.37. The molecule has 1 atom stereocenters. The van der Waals surface area contributed by atoms with E-state index in [1.807, 2.05) is 6.92 Å². The van der Waals surface area contributed by atoms with Gasteiger partial charge in [-0.3, -0.25) is 4.79 Å². The van der Waals surface area contributed by atoms with Crippen LogP contribution in [-0.2, 0) is 4.79 Å². The van der Waals surface area contributed by atoms with E-state index in [0.29, 0.717) is 6.42 Å². The number of halogens is 3. The average Bonchev–Trinajstić information content (AvgIpc) is 2.26. The number of nitrogens with two attached hydrogens (primary N) is 1. The van der Waals surface area contributed by atoms with Gasteiger partial charge in [0.15, 0.2) is 0 Å². The molecule has 3 nitrogen and oxygen atoms in total. The van der Waals surface area contributed by atoms with Crippen LogP contribution in [-0.4, -0.2) is 23.3 Å². The zero-order valence-electron chi connectivity index (χ0n) is 10.5. The summed E-state index contributed by atoms with van der Waals surface area (Å²) in [5, 5.41) is 8.92. The number of carboxylic acids is 1. The maximum Gasteiger partial charge on any atom is 0.391 e. The number of carboxylic acid groups (broad SMARTS) is 1. The Morgan fingerprint density at radius 3 is 2.28 bits per heavy atom. The van der Waals surface area contributed by atoms with Gasteiger partial charge in [0.1, 0.15) is 0 Å². The molecule has 1 unspecified atom stereocenters. The molecule has 0 amide bonds. The lowest BCUT2D eigenvalue weighted by atomic mass is 9.64. The zero-order chi connectivity index (χ0) is 14.0. The molecule has 0 aliphatic heterocycles. The first-order valence-corrected chi connectivity index (χ1v) is 6.25. The number of alkyl halides is 3. The highest BCUT2D eigenvalue weighted by Gasteiger charge is 2.48. The van der Waals surface area contributed by atoms with Crippen molar-refractivity contribution in [3.63, 3.8) is 0 Å². The lowest BCUT2D eigenvalue weighted by Crippen LogP contribution is -2.46. The van der Waals surface area contributed by atoms with Gasteiger partial charge in [-0.15, -0.1) is 0 Å². The molecule has 0 aromatic carbocycles. The molecule has 1 rings (SSSR count). The highest BCUT2D eigenvalue weighted by atomic mass is 19.4. The summed E-state index contributed by atoms with van der Waals surface area (Å²) >= 11 is 0. The van der Waals surface area contributed by atoms with Gasteiger partial charge >= 0.3 is 12.1 Å². The highest BCUT2D eigenvalue weighted by Crippen LogP contribution is 2.48. The summed E-state index contributed by atoms with van der Waals surface area (Å²) in [6.07, 6.45) is -3.24. The molecule has 0 radical (unpaired) electrons. The van der Waals surface area contributed by atoms with E-state index in [1.165, 1.54) is 0 Å². The van der Waals surface area contributed by atoms with Crippen LogP contribution in [0.15, 0.2) is 0 Å². The van der Waals surface area contributed by atoms with Crippen LogP contribution >= 0.6 is 0 Å². The summed E-state index contributed by atoms with van der Waals surface area (Å²) < 4.78 is 37.8. The number of hydrogen-bond acceptors (Lipinski definition) is 2. The van der Waals surface area contributed by atoms with Crippen LogP contribution in [0.3, 0.4) is 0 Å². The van der Waals surface area contributed by atoms with Crippen molar-refractivity contribution in [1.82, 2.24) is 0 Å². The van der Waals surface area contributed by atoms with Crippen molar-refractivity contribution in [1.29, 1.82) is 0 Å². The molecule has 18 heavy (non-hydrogen) atoms.